The van der Waals surface area contributed by atoms with E-state index in [0.29, 0.717) is 35.5 Å². The molecule has 1 fully saturated rings. The van der Waals surface area contributed by atoms with Crippen LogP contribution in [0.25, 0.3) is 11.0 Å². The number of nitrogens with two attached hydrogens (primary N) is 1. The summed E-state index contributed by atoms with van der Waals surface area (Å²) < 4.78 is 15.4. The lowest BCUT2D eigenvalue weighted by molar-refractivity contribution is -0.127. The van der Waals surface area contributed by atoms with Crippen LogP contribution in [0.5, 0.6) is 0 Å². The maximum atomic E-state index is 13.6. The minimum atomic E-state index is -0.504. The van der Waals surface area contributed by atoms with Crippen LogP contribution in [-0.2, 0) is 4.79 Å². The minimum Gasteiger partial charge on any atom is -0.383 e. The van der Waals surface area contributed by atoms with Gasteiger partial charge in [-0.25, -0.2) is 19.0 Å². The van der Waals surface area contributed by atoms with Gasteiger partial charge in [0.05, 0.1) is 23.0 Å². The Bertz CT molecular complexity index is 1250. The molecule has 32 heavy (non-hydrogen) atoms. The maximum Gasteiger partial charge on any atom is 0.246 e. The molecule has 164 valence electrons. The van der Waals surface area contributed by atoms with E-state index in [9.17, 15) is 9.18 Å². The number of amides is 1. The Labute approximate surface area is 189 Å². The van der Waals surface area contributed by atoms with Crippen LogP contribution in [0.4, 0.5) is 15.9 Å². The van der Waals surface area contributed by atoms with Crippen molar-refractivity contribution in [3.05, 3.63) is 53.7 Å². The summed E-state index contributed by atoms with van der Waals surface area (Å²) in [5.41, 5.74) is 7.70. The van der Waals surface area contributed by atoms with Crippen LogP contribution < -0.4 is 11.1 Å². The van der Waals surface area contributed by atoms with Crippen molar-refractivity contribution in [3.63, 3.8) is 0 Å². The van der Waals surface area contributed by atoms with E-state index in [0.717, 1.165) is 12.8 Å². The molecule has 3 aromatic rings. The summed E-state index contributed by atoms with van der Waals surface area (Å²) in [5, 5.41) is 8.31. The zero-order chi connectivity index (χ0) is 22.7. The van der Waals surface area contributed by atoms with Gasteiger partial charge < -0.3 is 16.0 Å². The molecule has 1 atom stereocenters. The van der Waals surface area contributed by atoms with E-state index >= 15 is 0 Å². The van der Waals surface area contributed by atoms with Crippen molar-refractivity contribution in [2.24, 2.45) is 0 Å². The number of hydrogen-bond acceptors (Lipinski definition) is 6. The lowest BCUT2D eigenvalue weighted by atomic mass is 10.1. The van der Waals surface area contributed by atoms with E-state index in [4.69, 9.17) is 17.3 Å². The number of nitrogens with zero attached hydrogens (tertiary/aromatic N) is 5. The predicted octanol–water partition coefficient (Wildman–Crippen LogP) is 3.01. The molecule has 0 spiro atoms. The van der Waals surface area contributed by atoms with Crippen molar-refractivity contribution in [1.82, 2.24) is 24.6 Å². The number of carbonyl (C=O) groups is 1. The summed E-state index contributed by atoms with van der Waals surface area (Å²) in [4.78, 5) is 22.3. The lowest BCUT2D eigenvalue weighted by Crippen LogP contribution is -2.40. The largest absolute Gasteiger partial charge is 0.383 e. The zero-order valence-electron chi connectivity index (χ0n) is 17.2. The number of aromatic nitrogens is 4. The molecule has 1 aromatic carbocycles. The Hall–Kier alpha value is -3.64. The monoisotopic (exact) mass is 453 g/mol. The summed E-state index contributed by atoms with van der Waals surface area (Å²) in [7, 11) is 0. The average molecular weight is 454 g/mol. The molecule has 10 heteroatoms. The molecule has 3 heterocycles. The lowest BCUT2D eigenvalue weighted by Gasteiger charge is -2.32. The van der Waals surface area contributed by atoms with Gasteiger partial charge in [0.25, 0.3) is 0 Å². The molecule has 1 amide bonds. The Kier molecular flexibility index (Phi) is 6.23. The highest BCUT2D eigenvalue weighted by atomic mass is 35.5. The molecular formula is C22H21ClFN7O. The molecule has 2 aromatic heterocycles. The highest BCUT2D eigenvalue weighted by Crippen LogP contribution is 2.28. The number of carbonyl (C=O) groups excluding carboxylic acids is 1. The number of hydrogen-bond donors (Lipinski definition) is 2. The van der Waals surface area contributed by atoms with Gasteiger partial charge in [-0.15, -0.1) is 0 Å². The summed E-state index contributed by atoms with van der Waals surface area (Å²) in [6.07, 6.45) is 4.40. The van der Waals surface area contributed by atoms with Crippen LogP contribution in [0.1, 0.15) is 24.6 Å². The molecule has 1 saturated heterocycles. The summed E-state index contributed by atoms with van der Waals surface area (Å²) in [6, 6.07) is 4.39. The summed E-state index contributed by atoms with van der Waals surface area (Å²) >= 11 is 5.70. The van der Waals surface area contributed by atoms with Crippen molar-refractivity contribution in [3.8, 4) is 11.8 Å². The van der Waals surface area contributed by atoms with Gasteiger partial charge in [0.15, 0.2) is 5.65 Å². The minimum absolute atomic E-state index is 0.0600. The molecule has 4 rings (SSSR count). The summed E-state index contributed by atoms with van der Waals surface area (Å²) in [5.74, 6) is 5.66. The van der Waals surface area contributed by atoms with Crippen molar-refractivity contribution in [2.75, 3.05) is 30.7 Å². The zero-order valence-corrected chi connectivity index (χ0v) is 17.9. The van der Waals surface area contributed by atoms with Crippen molar-refractivity contribution in [1.29, 1.82) is 0 Å². The molecular weight excluding hydrogens is 433 g/mol. The first-order chi connectivity index (χ1) is 15.5. The van der Waals surface area contributed by atoms with E-state index in [2.05, 4.69) is 38.8 Å². The van der Waals surface area contributed by atoms with Crippen molar-refractivity contribution in [2.45, 2.75) is 18.9 Å². The van der Waals surface area contributed by atoms with Gasteiger partial charge in [-0.1, -0.05) is 24.1 Å². The fourth-order valence-electron chi connectivity index (χ4n) is 3.70. The number of halogens is 2. The first-order valence-corrected chi connectivity index (χ1v) is 10.4. The van der Waals surface area contributed by atoms with Crippen LogP contribution in [-0.4, -0.2) is 50.2 Å². The fourth-order valence-corrected chi connectivity index (χ4v) is 3.82. The molecule has 8 nitrogen and oxygen atoms in total. The number of rotatable bonds is 4. The number of piperidine rings is 1. The molecule has 0 aliphatic carbocycles. The normalized spacial score (nSPS) is 15.8. The SMILES string of the molecule is C=CC(=O)N1CCC[C@@H](n2nc(C#CCNc3ccc(Cl)c(F)c3)c3c(N)ncnc32)C1. The van der Waals surface area contributed by atoms with Gasteiger partial charge >= 0.3 is 0 Å². The van der Waals surface area contributed by atoms with Gasteiger partial charge in [0.2, 0.25) is 5.91 Å². The van der Waals surface area contributed by atoms with Gasteiger partial charge in [0.1, 0.15) is 23.7 Å². The van der Waals surface area contributed by atoms with E-state index in [1.165, 1.54) is 24.5 Å². The molecule has 0 unspecified atom stereocenters. The quantitative estimate of drug-likeness (QED) is 0.465. The Balaban J connectivity index is 1.59. The van der Waals surface area contributed by atoms with Crippen LogP contribution in [0.2, 0.25) is 5.02 Å². The van der Waals surface area contributed by atoms with E-state index in [1.807, 2.05) is 0 Å². The van der Waals surface area contributed by atoms with Gasteiger partial charge in [-0.3, -0.25) is 4.79 Å². The van der Waals surface area contributed by atoms with Crippen LogP contribution in [0.3, 0.4) is 0 Å². The van der Waals surface area contributed by atoms with Crippen molar-refractivity contribution >= 4 is 40.0 Å². The summed E-state index contributed by atoms with van der Waals surface area (Å²) in [6.45, 7) is 5.01. The van der Waals surface area contributed by atoms with Crippen LogP contribution in [0, 0.1) is 17.7 Å². The number of anilines is 2. The van der Waals surface area contributed by atoms with E-state index in [-0.39, 0.29) is 29.3 Å². The fraction of sp³-hybridized carbons (Fsp3) is 0.273. The Morgan fingerprint density at radius 1 is 1.44 bits per heavy atom. The molecule has 1 aliphatic heterocycles. The molecule has 0 saturated carbocycles. The average Bonchev–Trinajstić information content (AvgIpc) is 3.18. The second-order valence-corrected chi connectivity index (χ2v) is 7.73. The molecule has 0 radical (unpaired) electrons. The van der Waals surface area contributed by atoms with Gasteiger partial charge in [-0.2, -0.15) is 5.10 Å². The number of nitrogen functional groups attached to an aromatic ring is 1. The number of benzene rings is 1. The first-order valence-electron chi connectivity index (χ1n) is 10.1. The van der Waals surface area contributed by atoms with E-state index in [1.54, 1.807) is 15.6 Å². The van der Waals surface area contributed by atoms with E-state index < -0.39 is 5.82 Å². The standard InChI is InChI=1S/C22H21ClFN7O/c1-2-19(32)30-10-4-5-15(12-30)31-22-20(21(25)27-13-28-22)18(29-31)6-3-9-26-14-7-8-16(23)17(24)11-14/h2,7-8,11,13,15,26H,1,4-5,9-10,12H2,(H2,25,27,28)/t15-/m1/s1. The predicted molar refractivity (Wildman–Crippen MR) is 122 cm³/mol. The number of nitrogens with one attached hydrogen (secondary N) is 1. The van der Waals surface area contributed by atoms with Crippen LogP contribution >= 0.6 is 11.6 Å². The van der Waals surface area contributed by atoms with Gasteiger partial charge in [0, 0.05) is 18.8 Å². The van der Waals surface area contributed by atoms with Crippen LogP contribution in [0.15, 0.2) is 37.2 Å². The topological polar surface area (TPSA) is 102 Å². The highest BCUT2D eigenvalue weighted by Gasteiger charge is 2.27. The third-order valence-electron chi connectivity index (χ3n) is 5.25. The Morgan fingerprint density at radius 3 is 3.06 bits per heavy atom. The second kappa shape index (κ2) is 9.24. The molecule has 1 aliphatic rings. The number of fused-ring (bicyclic) bond motifs is 1. The molecule has 0 bridgehead atoms. The number of likely N-dealkylation sites (tertiary alicyclic amines) is 1. The van der Waals surface area contributed by atoms with Crippen molar-refractivity contribution < 1.29 is 9.18 Å². The first kappa shape index (κ1) is 21.6. The van der Waals surface area contributed by atoms with Gasteiger partial charge in [-0.05, 0) is 43.0 Å². The molecule has 3 N–H and O–H groups in total. The maximum absolute atomic E-state index is 13.6. The smallest absolute Gasteiger partial charge is 0.246 e. The highest BCUT2D eigenvalue weighted by molar-refractivity contribution is 6.30. The Morgan fingerprint density at radius 2 is 2.28 bits per heavy atom. The third-order valence-corrected chi connectivity index (χ3v) is 5.56. The third kappa shape index (κ3) is 4.36. The second-order valence-electron chi connectivity index (χ2n) is 7.32.